The van der Waals surface area contributed by atoms with Crippen molar-refractivity contribution in [2.24, 2.45) is 0 Å². The first-order valence-corrected chi connectivity index (χ1v) is 8.03. The molecular formula is C18H17N3O3. The first kappa shape index (κ1) is 14.8. The number of carboxylic acids is 1. The van der Waals surface area contributed by atoms with Gasteiger partial charge >= 0.3 is 5.97 Å². The molecule has 0 spiro atoms. The van der Waals surface area contributed by atoms with Gasteiger partial charge < -0.3 is 9.84 Å². The van der Waals surface area contributed by atoms with Gasteiger partial charge in [-0.1, -0.05) is 30.3 Å². The van der Waals surface area contributed by atoms with E-state index in [4.69, 9.17) is 4.74 Å². The minimum absolute atomic E-state index is 0.00947. The normalized spacial score (nSPS) is 17.9. The summed E-state index contributed by atoms with van der Waals surface area (Å²) in [6, 6.07) is 13.3. The Labute approximate surface area is 138 Å². The molecule has 0 saturated carbocycles. The third-order valence-electron chi connectivity index (χ3n) is 4.25. The molecule has 1 aliphatic heterocycles. The average molecular weight is 323 g/mol. The summed E-state index contributed by atoms with van der Waals surface area (Å²) in [6.45, 7) is 0.711. The van der Waals surface area contributed by atoms with Crippen molar-refractivity contribution in [3.63, 3.8) is 0 Å². The lowest BCUT2D eigenvalue weighted by atomic mass is 10.0. The second-order valence-electron chi connectivity index (χ2n) is 5.89. The topological polar surface area (TPSA) is 76.7 Å². The Hall–Kier alpha value is -2.73. The van der Waals surface area contributed by atoms with Gasteiger partial charge in [0.05, 0.1) is 17.5 Å². The molecule has 6 nitrogen and oxygen atoms in total. The number of nitrogens with zero attached hydrogens (tertiary/aromatic N) is 3. The van der Waals surface area contributed by atoms with Crippen LogP contribution in [0.2, 0.25) is 0 Å². The lowest BCUT2D eigenvalue weighted by molar-refractivity contribution is 0.0110. The lowest BCUT2D eigenvalue weighted by Gasteiger charge is -2.23. The summed E-state index contributed by atoms with van der Waals surface area (Å²) in [6.07, 6.45) is 2.95. The number of benzene rings is 1. The van der Waals surface area contributed by atoms with Crippen molar-refractivity contribution in [1.29, 1.82) is 0 Å². The summed E-state index contributed by atoms with van der Waals surface area (Å²) in [5.74, 6) is -1.06. The van der Waals surface area contributed by atoms with Crippen molar-refractivity contribution in [2.45, 2.75) is 25.4 Å². The third kappa shape index (κ3) is 2.65. The Morgan fingerprint density at radius 3 is 2.75 bits per heavy atom. The summed E-state index contributed by atoms with van der Waals surface area (Å²) in [5.41, 5.74) is 3.15. The third-order valence-corrected chi connectivity index (χ3v) is 4.25. The Bertz CT molecular complexity index is 883. The van der Waals surface area contributed by atoms with E-state index >= 15 is 0 Å². The van der Waals surface area contributed by atoms with E-state index < -0.39 is 5.97 Å². The average Bonchev–Trinajstić information content (AvgIpc) is 3.07. The van der Waals surface area contributed by atoms with Crippen LogP contribution in [0.15, 0.2) is 42.5 Å². The lowest BCUT2D eigenvalue weighted by Crippen LogP contribution is -2.16. The molecule has 1 atom stereocenters. The van der Waals surface area contributed by atoms with Gasteiger partial charge in [0.2, 0.25) is 0 Å². The van der Waals surface area contributed by atoms with Crippen LogP contribution in [0.3, 0.4) is 0 Å². The molecule has 1 aromatic carbocycles. The van der Waals surface area contributed by atoms with Crippen LogP contribution in [0.4, 0.5) is 0 Å². The van der Waals surface area contributed by atoms with Crippen LogP contribution in [0.1, 0.15) is 41.5 Å². The molecule has 1 unspecified atom stereocenters. The second-order valence-corrected chi connectivity index (χ2v) is 5.89. The minimum Gasteiger partial charge on any atom is -0.476 e. The van der Waals surface area contributed by atoms with Crippen LogP contribution < -0.4 is 0 Å². The Balaban J connectivity index is 1.90. The van der Waals surface area contributed by atoms with Crippen LogP contribution in [-0.4, -0.2) is 32.3 Å². The maximum absolute atomic E-state index is 11.3. The monoisotopic (exact) mass is 323 g/mol. The summed E-state index contributed by atoms with van der Waals surface area (Å²) in [4.78, 5) is 15.9. The van der Waals surface area contributed by atoms with Crippen molar-refractivity contribution in [1.82, 2.24) is 14.6 Å². The van der Waals surface area contributed by atoms with Crippen LogP contribution in [-0.2, 0) is 4.74 Å². The first-order valence-electron chi connectivity index (χ1n) is 8.03. The van der Waals surface area contributed by atoms with Crippen LogP contribution in [0.25, 0.3) is 16.9 Å². The number of aromatic nitrogens is 3. The van der Waals surface area contributed by atoms with E-state index in [1.807, 2.05) is 36.4 Å². The zero-order chi connectivity index (χ0) is 16.5. The maximum atomic E-state index is 11.3. The molecule has 3 aromatic rings. The van der Waals surface area contributed by atoms with Gasteiger partial charge in [-0.25, -0.2) is 14.3 Å². The molecule has 6 heteroatoms. The Morgan fingerprint density at radius 1 is 1.21 bits per heavy atom. The fraction of sp³-hybridized carbons (Fsp3) is 0.278. The Kier molecular flexibility index (Phi) is 3.74. The van der Waals surface area contributed by atoms with Crippen LogP contribution >= 0.6 is 0 Å². The number of carboxylic acid groups (broad SMARTS) is 1. The SMILES string of the molecule is O=C(O)c1cc2nc(-c3ccccc3)cc(C3CCCCO3)n2n1. The number of hydrogen-bond donors (Lipinski definition) is 1. The molecule has 1 fully saturated rings. The molecule has 0 bridgehead atoms. The molecule has 122 valence electrons. The fourth-order valence-corrected chi connectivity index (χ4v) is 3.06. The smallest absolute Gasteiger partial charge is 0.356 e. The van der Waals surface area contributed by atoms with E-state index in [1.54, 1.807) is 4.52 Å². The zero-order valence-corrected chi connectivity index (χ0v) is 13.1. The number of carbonyl (C=O) groups is 1. The van der Waals surface area contributed by atoms with E-state index in [1.165, 1.54) is 6.07 Å². The van der Waals surface area contributed by atoms with Gasteiger partial charge in [-0.3, -0.25) is 0 Å². The van der Waals surface area contributed by atoms with Crippen LogP contribution in [0, 0.1) is 0 Å². The summed E-state index contributed by atoms with van der Waals surface area (Å²) < 4.78 is 7.50. The predicted molar refractivity (Wildman–Crippen MR) is 87.9 cm³/mol. The van der Waals surface area contributed by atoms with Gasteiger partial charge in [0.1, 0.15) is 0 Å². The van der Waals surface area contributed by atoms with Gasteiger partial charge in [-0.15, -0.1) is 0 Å². The standard InChI is InChI=1S/C18H17N3O3/c22-18(23)14-11-17-19-13(12-6-2-1-3-7-12)10-15(21(17)20-14)16-8-4-5-9-24-16/h1-3,6-7,10-11,16H,4-5,8-9H2,(H,22,23). The summed E-state index contributed by atoms with van der Waals surface area (Å²) in [7, 11) is 0. The fourth-order valence-electron chi connectivity index (χ4n) is 3.06. The van der Waals surface area contributed by atoms with Crippen molar-refractivity contribution < 1.29 is 14.6 Å². The number of fused-ring (bicyclic) bond motifs is 1. The first-order chi connectivity index (χ1) is 11.7. The van der Waals surface area contributed by atoms with Gasteiger partial charge in [-0.05, 0) is 25.3 Å². The van der Waals surface area contributed by atoms with E-state index in [0.717, 1.165) is 36.2 Å². The molecule has 3 heterocycles. The van der Waals surface area contributed by atoms with E-state index in [0.29, 0.717) is 12.3 Å². The second kappa shape index (κ2) is 6.05. The van der Waals surface area contributed by atoms with E-state index in [-0.39, 0.29) is 11.8 Å². The highest BCUT2D eigenvalue weighted by molar-refractivity contribution is 5.86. The van der Waals surface area contributed by atoms with Crippen LogP contribution in [0.5, 0.6) is 0 Å². The number of rotatable bonds is 3. The van der Waals surface area contributed by atoms with Crippen molar-refractivity contribution in [3.05, 3.63) is 53.9 Å². The molecule has 4 rings (SSSR count). The highest BCUT2D eigenvalue weighted by atomic mass is 16.5. The van der Waals surface area contributed by atoms with Crippen molar-refractivity contribution >= 4 is 11.6 Å². The molecular weight excluding hydrogens is 306 g/mol. The molecule has 1 saturated heterocycles. The van der Waals surface area contributed by atoms with Gasteiger partial charge in [0, 0.05) is 18.2 Å². The molecule has 0 amide bonds. The van der Waals surface area contributed by atoms with E-state index in [9.17, 15) is 9.90 Å². The van der Waals surface area contributed by atoms with Crippen molar-refractivity contribution in [2.75, 3.05) is 6.61 Å². The number of aromatic carboxylic acids is 1. The summed E-state index contributed by atoms with van der Waals surface area (Å²) in [5, 5.41) is 13.4. The highest BCUT2D eigenvalue weighted by Crippen LogP contribution is 2.30. The number of hydrogen-bond acceptors (Lipinski definition) is 4. The number of ether oxygens (including phenoxy) is 1. The molecule has 0 radical (unpaired) electrons. The molecule has 1 N–H and O–H groups in total. The Morgan fingerprint density at radius 2 is 2.04 bits per heavy atom. The largest absolute Gasteiger partial charge is 0.476 e. The summed E-state index contributed by atoms with van der Waals surface area (Å²) >= 11 is 0. The molecule has 0 aliphatic carbocycles. The highest BCUT2D eigenvalue weighted by Gasteiger charge is 2.22. The minimum atomic E-state index is -1.06. The predicted octanol–water partition coefficient (Wildman–Crippen LogP) is 3.34. The molecule has 24 heavy (non-hydrogen) atoms. The van der Waals surface area contributed by atoms with Gasteiger partial charge in [-0.2, -0.15) is 5.10 Å². The van der Waals surface area contributed by atoms with Gasteiger partial charge in [0.15, 0.2) is 11.3 Å². The maximum Gasteiger partial charge on any atom is 0.356 e. The molecule has 2 aromatic heterocycles. The zero-order valence-electron chi connectivity index (χ0n) is 13.1. The van der Waals surface area contributed by atoms with Gasteiger partial charge in [0.25, 0.3) is 0 Å². The van der Waals surface area contributed by atoms with E-state index in [2.05, 4.69) is 10.1 Å². The molecule has 1 aliphatic rings. The van der Waals surface area contributed by atoms with Crippen molar-refractivity contribution in [3.8, 4) is 11.3 Å². The quantitative estimate of drug-likeness (QED) is 0.800.